The summed E-state index contributed by atoms with van der Waals surface area (Å²) in [5, 5.41) is 16.7. The number of carbonyl (C=O) groups is 1. The highest BCUT2D eigenvalue weighted by Crippen LogP contribution is 2.40. The molecular weight excluding hydrogens is 519 g/mol. The molecular formula is C26H22F3N5O3S. The Morgan fingerprint density at radius 2 is 2.00 bits per heavy atom. The molecule has 1 aliphatic rings. The first-order valence-electron chi connectivity index (χ1n) is 11.7. The number of anilines is 1. The first-order valence-corrected chi connectivity index (χ1v) is 12.5. The SMILES string of the molecule is COc1ccc(-c2cc(C(F)(F)F)n3ncc(C(=O)Nc4sc5c(c4C#N)CC[C@@H](C)C5)c3n2)cc1OC. The third-order valence-corrected chi connectivity index (χ3v) is 7.71. The average Bonchev–Trinajstić information content (AvgIpc) is 3.47. The molecule has 0 radical (unpaired) electrons. The number of hydrogen-bond donors (Lipinski definition) is 1. The molecule has 0 spiro atoms. The van der Waals surface area contributed by atoms with E-state index in [0.29, 0.717) is 38.1 Å². The molecule has 0 aliphatic heterocycles. The molecule has 12 heteroatoms. The number of nitrogens with one attached hydrogen (secondary N) is 1. The number of benzene rings is 1. The van der Waals surface area contributed by atoms with Gasteiger partial charge in [-0.05, 0) is 55.0 Å². The lowest BCUT2D eigenvalue weighted by Crippen LogP contribution is -2.16. The predicted molar refractivity (Wildman–Crippen MR) is 135 cm³/mol. The molecule has 1 N–H and O–H groups in total. The van der Waals surface area contributed by atoms with Crippen LogP contribution >= 0.6 is 11.3 Å². The van der Waals surface area contributed by atoms with E-state index in [0.717, 1.165) is 42.0 Å². The Kier molecular flexibility index (Phi) is 6.48. The van der Waals surface area contributed by atoms with Crippen molar-refractivity contribution in [3.05, 3.63) is 57.7 Å². The number of hydrogen-bond acceptors (Lipinski definition) is 7. The zero-order valence-corrected chi connectivity index (χ0v) is 21.5. The van der Waals surface area contributed by atoms with Crippen LogP contribution in [0.15, 0.2) is 30.5 Å². The molecule has 1 amide bonds. The van der Waals surface area contributed by atoms with E-state index in [9.17, 15) is 23.2 Å². The van der Waals surface area contributed by atoms with Gasteiger partial charge in [0.25, 0.3) is 5.91 Å². The number of nitriles is 1. The molecule has 38 heavy (non-hydrogen) atoms. The number of ether oxygens (including phenoxy) is 2. The second-order valence-electron chi connectivity index (χ2n) is 9.01. The van der Waals surface area contributed by atoms with E-state index in [-0.39, 0.29) is 16.9 Å². The van der Waals surface area contributed by atoms with Crippen LogP contribution in [-0.4, -0.2) is 34.7 Å². The number of nitrogens with zero attached hydrogens (tertiary/aromatic N) is 4. The topological polar surface area (TPSA) is 102 Å². The molecule has 0 saturated heterocycles. The monoisotopic (exact) mass is 541 g/mol. The second kappa shape index (κ2) is 9.64. The minimum atomic E-state index is -4.77. The molecule has 0 bridgehead atoms. The molecule has 3 heterocycles. The molecule has 1 atom stereocenters. The summed E-state index contributed by atoms with van der Waals surface area (Å²) < 4.78 is 53.2. The first kappa shape index (κ1) is 25.5. The molecule has 8 nitrogen and oxygen atoms in total. The lowest BCUT2D eigenvalue weighted by atomic mass is 9.88. The van der Waals surface area contributed by atoms with Gasteiger partial charge in [-0.25, -0.2) is 9.50 Å². The van der Waals surface area contributed by atoms with Crippen molar-refractivity contribution in [3.8, 4) is 28.8 Å². The number of methoxy groups -OCH3 is 2. The summed E-state index contributed by atoms with van der Waals surface area (Å²) in [6.07, 6.45) is -1.22. The number of alkyl halides is 3. The van der Waals surface area contributed by atoms with Crippen LogP contribution < -0.4 is 14.8 Å². The van der Waals surface area contributed by atoms with E-state index in [1.165, 1.54) is 31.6 Å². The third-order valence-electron chi connectivity index (χ3n) is 6.54. The van der Waals surface area contributed by atoms with Gasteiger partial charge in [0.05, 0.1) is 31.7 Å². The van der Waals surface area contributed by atoms with Gasteiger partial charge in [0.15, 0.2) is 22.8 Å². The van der Waals surface area contributed by atoms with Crippen LogP contribution in [-0.2, 0) is 19.0 Å². The molecule has 3 aromatic heterocycles. The number of carbonyl (C=O) groups excluding carboxylic acids is 1. The number of fused-ring (bicyclic) bond motifs is 2. The van der Waals surface area contributed by atoms with E-state index in [4.69, 9.17) is 9.47 Å². The summed E-state index contributed by atoms with van der Waals surface area (Å²) in [5.41, 5.74) is 0.117. The highest BCUT2D eigenvalue weighted by Gasteiger charge is 2.36. The van der Waals surface area contributed by atoms with Gasteiger partial charge in [-0.1, -0.05) is 6.92 Å². The quantitative estimate of drug-likeness (QED) is 0.346. The van der Waals surface area contributed by atoms with Crippen LogP contribution in [0, 0.1) is 17.2 Å². The fourth-order valence-electron chi connectivity index (χ4n) is 4.60. The molecule has 5 rings (SSSR count). The van der Waals surface area contributed by atoms with E-state index in [1.54, 1.807) is 12.1 Å². The van der Waals surface area contributed by atoms with Crippen molar-refractivity contribution in [1.82, 2.24) is 14.6 Å². The van der Waals surface area contributed by atoms with Gasteiger partial charge in [-0.2, -0.15) is 23.5 Å². The maximum absolute atomic E-state index is 14.0. The van der Waals surface area contributed by atoms with Crippen molar-refractivity contribution < 1.29 is 27.4 Å². The highest BCUT2D eigenvalue weighted by atomic mass is 32.1. The van der Waals surface area contributed by atoms with Gasteiger partial charge >= 0.3 is 6.18 Å². The molecule has 0 saturated carbocycles. The van der Waals surface area contributed by atoms with Crippen molar-refractivity contribution >= 4 is 27.9 Å². The van der Waals surface area contributed by atoms with E-state index in [1.807, 2.05) is 0 Å². The highest BCUT2D eigenvalue weighted by molar-refractivity contribution is 7.16. The summed E-state index contributed by atoms with van der Waals surface area (Å²) in [6.45, 7) is 2.13. The zero-order valence-electron chi connectivity index (χ0n) is 20.6. The Hall–Kier alpha value is -4.11. The zero-order chi connectivity index (χ0) is 27.2. The maximum Gasteiger partial charge on any atom is 0.433 e. The fourth-order valence-corrected chi connectivity index (χ4v) is 5.95. The van der Waals surface area contributed by atoms with Gasteiger partial charge in [0.2, 0.25) is 0 Å². The van der Waals surface area contributed by atoms with Gasteiger partial charge in [0, 0.05) is 10.4 Å². The van der Waals surface area contributed by atoms with Crippen molar-refractivity contribution in [2.45, 2.75) is 32.4 Å². The van der Waals surface area contributed by atoms with Gasteiger partial charge < -0.3 is 14.8 Å². The number of halogens is 3. The minimum absolute atomic E-state index is 0.0291. The second-order valence-corrected chi connectivity index (χ2v) is 10.1. The summed E-state index contributed by atoms with van der Waals surface area (Å²) in [6, 6.07) is 7.65. The molecule has 4 aromatic rings. The Morgan fingerprint density at radius 1 is 1.24 bits per heavy atom. The van der Waals surface area contributed by atoms with Crippen molar-refractivity contribution in [3.63, 3.8) is 0 Å². The van der Waals surface area contributed by atoms with Crippen LogP contribution in [0.5, 0.6) is 11.5 Å². The van der Waals surface area contributed by atoms with Crippen LogP contribution in [0.3, 0.4) is 0 Å². The summed E-state index contributed by atoms with van der Waals surface area (Å²) in [7, 11) is 2.86. The van der Waals surface area contributed by atoms with Crippen LogP contribution in [0.2, 0.25) is 0 Å². The summed E-state index contributed by atoms with van der Waals surface area (Å²) in [4.78, 5) is 18.7. The van der Waals surface area contributed by atoms with E-state index < -0.39 is 17.8 Å². The van der Waals surface area contributed by atoms with Gasteiger partial charge in [-0.3, -0.25) is 4.79 Å². The summed E-state index contributed by atoms with van der Waals surface area (Å²) in [5.74, 6) is 0.481. The Bertz CT molecular complexity index is 1600. The first-order chi connectivity index (χ1) is 18.1. The fraction of sp³-hybridized carbons (Fsp3) is 0.308. The van der Waals surface area contributed by atoms with Gasteiger partial charge in [0.1, 0.15) is 16.6 Å². The summed E-state index contributed by atoms with van der Waals surface area (Å²) >= 11 is 1.33. The average molecular weight is 542 g/mol. The molecule has 1 aromatic carbocycles. The Morgan fingerprint density at radius 3 is 2.68 bits per heavy atom. The van der Waals surface area contributed by atoms with Crippen LogP contribution in [0.1, 0.15) is 45.4 Å². The van der Waals surface area contributed by atoms with Crippen molar-refractivity contribution in [2.75, 3.05) is 19.5 Å². The van der Waals surface area contributed by atoms with E-state index in [2.05, 4.69) is 28.4 Å². The number of aromatic nitrogens is 3. The van der Waals surface area contributed by atoms with Crippen molar-refractivity contribution in [1.29, 1.82) is 5.26 Å². The van der Waals surface area contributed by atoms with Crippen LogP contribution in [0.4, 0.5) is 18.2 Å². The third kappa shape index (κ3) is 4.43. The Labute approximate surface area is 219 Å². The lowest BCUT2D eigenvalue weighted by Gasteiger charge is -2.17. The molecule has 196 valence electrons. The van der Waals surface area contributed by atoms with Crippen LogP contribution in [0.25, 0.3) is 16.9 Å². The molecule has 0 fully saturated rings. The smallest absolute Gasteiger partial charge is 0.433 e. The Balaban J connectivity index is 1.60. The minimum Gasteiger partial charge on any atom is -0.493 e. The molecule has 0 unspecified atom stereocenters. The van der Waals surface area contributed by atoms with E-state index >= 15 is 0 Å². The largest absolute Gasteiger partial charge is 0.493 e. The number of amides is 1. The predicted octanol–water partition coefficient (Wildman–Crippen LogP) is 5.74. The normalized spacial score (nSPS) is 15.1. The number of rotatable bonds is 5. The maximum atomic E-state index is 14.0. The molecule has 1 aliphatic carbocycles. The lowest BCUT2D eigenvalue weighted by molar-refractivity contribution is -0.142. The standard InChI is InChI=1S/C26H22F3N5O3S/c1-13-4-6-15-16(11-30)25(38-21(15)8-13)33-24(35)17-12-31-34-22(26(27,28)29)10-18(32-23(17)34)14-5-7-19(36-2)20(9-14)37-3/h5,7,9-10,12-13H,4,6,8H2,1-3H3,(H,33,35)/t13-/m1/s1. The number of thiophene rings is 1. The van der Waals surface area contributed by atoms with Crippen molar-refractivity contribution in [2.24, 2.45) is 5.92 Å². The van der Waals surface area contributed by atoms with Gasteiger partial charge in [-0.15, -0.1) is 11.3 Å².